The maximum atomic E-state index is 11.8. The summed E-state index contributed by atoms with van der Waals surface area (Å²) in [6.07, 6.45) is 0. The lowest BCUT2D eigenvalue weighted by molar-refractivity contribution is 0.0953. The Morgan fingerprint density at radius 3 is 2.83 bits per heavy atom. The van der Waals surface area contributed by atoms with Crippen LogP contribution in [0.1, 0.15) is 10.4 Å². The van der Waals surface area contributed by atoms with Crippen molar-refractivity contribution in [3.8, 4) is 5.75 Å². The third kappa shape index (κ3) is 5.16. The number of hydrogen-bond donors (Lipinski definition) is 2. The monoisotopic (exact) mass is 252 g/mol. The van der Waals surface area contributed by atoms with Gasteiger partial charge in [-0.15, -0.1) is 0 Å². The van der Waals surface area contributed by atoms with E-state index in [9.17, 15) is 4.79 Å². The Balaban J connectivity index is 2.49. The molecule has 0 saturated carbocycles. The van der Waals surface area contributed by atoms with E-state index in [1.54, 1.807) is 25.3 Å². The Kier molecular flexibility index (Phi) is 6.83. The number of nitrogens with one attached hydrogen (secondary N) is 2. The van der Waals surface area contributed by atoms with Gasteiger partial charge in [-0.1, -0.05) is 6.07 Å². The minimum absolute atomic E-state index is 0.0950. The summed E-state index contributed by atoms with van der Waals surface area (Å²) in [5.74, 6) is 0.579. The van der Waals surface area contributed by atoms with Crippen LogP contribution in [-0.4, -0.2) is 46.4 Å². The highest BCUT2D eigenvalue weighted by atomic mass is 16.5. The molecule has 0 atom stereocenters. The SMILES string of the molecule is CNCCNC(=O)c1cccc(OCCOC)c1. The predicted octanol–water partition coefficient (Wildman–Crippen LogP) is 0.661. The van der Waals surface area contributed by atoms with Gasteiger partial charge in [-0.3, -0.25) is 4.79 Å². The number of carbonyl (C=O) groups excluding carboxylic acids is 1. The molecule has 0 aliphatic heterocycles. The summed E-state index contributed by atoms with van der Waals surface area (Å²) in [7, 11) is 3.46. The molecule has 18 heavy (non-hydrogen) atoms. The van der Waals surface area contributed by atoms with Gasteiger partial charge in [-0.2, -0.15) is 0 Å². The lowest BCUT2D eigenvalue weighted by atomic mass is 10.2. The minimum atomic E-state index is -0.0950. The summed E-state index contributed by atoms with van der Waals surface area (Å²) in [6, 6.07) is 7.11. The van der Waals surface area contributed by atoms with E-state index in [1.165, 1.54) is 0 Å². The molecule has 5 heteroatoms. The fourth-order valence-corrected chi connectivity index (χ4v) is 1.37. The molecule has 0 heterocycles. The number of rotatable bonds is 8. The second kappa shape index (κ2) is 8.49. The van der Waals surface area contributed by atoms with Crippen molar-refractivity contribution in [3.63, 3.8) is 0 Å². The second-order valence-corrected chi connectivity index (χ2v) is 3.73. The van der Waals surface area contributed by atoms with Crippen LogP contribution in [-0.2, 0) is 4.74 Å². The lowest BCUT2D eigenvalue weighted by Crippen LogP contribution is -2.30. The van der Waals surface area contributed by atoms with Gasteiger partial charge < -0.3 is 20.1 Å². The van der Waals surface area contributed by atoms with Gasteiger partial charge in [0.25, 0.3) is 5.91 Å². The zero-order valence-electron chi connectivity index (χ0n) is 10.9. The molecule has 0 fully saturated rings. The van der Waals surface area contributed by atoms with Gasteiger partial charge in [0, 0.05) is 25.8 Å². The van der Waals surface area contributed by atoms with Gasteiger partial charge in [-0.05, 0) is 25.2 Å². The van der Waals surface area contributed by atoms with Crippen LogP contribution in [0.3, 0.4) is 0 Å². The number of amides is 1. The van der Waals surface area contributed by atoms with E-state index in [0.717, 1.165) is 6.54 Å². The molecule has 1 amide bonds. The molecular formula is C13H20N2O3. The van der Waals surface area contributed by atoms with Crippen molar-refractivity contribution in [2.75, 3.05) is 40.5 Å². The first-order valence-electron chi connectivity index (χ1n) is 5.92. The summed E-state index contributed by atoms with van der Waals surface area (Å²) in [5, 5.41) is 5.78. The van der Waals surface area contributed by atoms with Crippen LogP contribution in [0.2, 0.25) is 0 Å². The van der Waals surface area contributed by atoms with Crippen LogP contribution in [0.4, 0.5) is 0 Å². The molecule has 1 aromatic rings. The first-order valence-corrected chi connectivity index (χ1v) is 5.92. The normalized spacial score (nSPS) is 10.1. The smallest absolute Gasteiger partial charge is 0.251 e. The average molecular weight is 252 g/mol. The van der Waals surface area contributed by atoms with Crippen molar-refractivity contribution in [1.82, 2.24) is 10.6 Å². The maximum absolute atomic E-state index is 11.8. The number of benzene rings is 1. The third-order valence-electron chi connectivity index (χ3n) is 2.31. The topological polar surface area (TPSA) is 59.6 Å². The van der Waals surface area contributed by atoms with Crippen molar-refractivity contribution in [3.05, 3.63) is 29.8 Å². The van der Waals surface area contributed by atoms with Crippen LogP contribution in [0.5, 0.6) is 5.75 Å². The van der Waals surface area contributed by atoms with E-state index in [-0.39, 0.29) is 5.91 Å². The lowest BCUT2D eigenvalue weighted by Gasteiger charge is -2.08. The van der Waals surface area contributed by atoms with E-state index in [4.69, 9.17) is 9.47 Å². The van der Waals surface area contributed by atoms with Crippen molar-refractivity contribution in [1.29, 1.82) is 0 Å². The second-order valence-electron chi connectivity index (χ2n) is 3.73. The molecule has 0 bridgehead atoms. The van der Waals surface area contributed by atoms with E-state index < -0.39 is 0 Å². The van der Waals surface area contributed by atoms with E-state index >= 15 is 0 Å². The van der Waals surface area contributed by atoms with Crippen LogP contribution < -0.4 is 15.4 Å². The fourth-order valence-electron chi connectivity index (χ4n) is 1.37. The summed E-state index contributed by atoms with van der Waals surface area (Å²) in [5.41, 5.74) is 0.598. The van der Waals surface area contributed by atoms with Crippen LogP contribution in [0.25, 0.3) is 0 Å². The highest BCUT2D eigenvalue weighted by Crippen LogP contribution is 2.13. The Morgan fingerprint density at radius 2 is 2.11 bits per heavy atom. The first-order chi connectivity index (χ1) is 8.77. The van der Waals surface area contributed by atoms with Crippen molar-refractivity contribution in [2.45, 2.75) is 0 Å². The first kappa shape index (κ1) is 14.5. The highest BCUT2D eigenvalue weighted by Gasteiger charge is 2.05. The molecule has 1 aromatic carbocycles. The molecule has 5 nitrogen and oxygen atoms in total. The Bertz CT molecular complexity index is 369. The molecule has 0 saturated heterocycles. The molecule has 0 aliphatic rings. The van der Waals surface area contributed by atoms with Crippen molar-refractivity contribution < 1.29 is 14.3 Å². The number of carbonyl (C=O) groups is 1. The van der Waals surface area contributed by atoms with Gasteiger partial charge in [0.2, 0.25) is 0 Å². The minimum Gasteiger partial charge on any atom is -0.491 e. The number of likely N-dealkylation sites (N-methyl/N-ethyl adjacent to an activating group) is 1. The Morgan fingerprint density at radius 1 is 1.28 bits per heavy atom. The molecule has 0 unspecified atom stereocenters. The quantitative estimate of drug-likeness (QED) is 0.667. The third-order valence-corrected chi connectivity index (χ3v) is 2.31. The Labute approximate surface area is 107 Å². The van der Waals surface area contributed by atoms with Crippen LogP contribution >= 0.6 is 0 Å². The molecular weight excluding hydrogens is 232 g/mol. The molecule has 0 aliphatic carbocycles. The van der Waals surface area contributed by atoms with Gasteiger partial charge in [0.05, 0.1) is 6.61 Å². The largest absolute Gasteiger partial charge is 0.491 e. The van der Waals surface area contributed by atoms with Gasteiger partial charge >= 0.3 is 0 Å². The zero-order valence-corrected chi connectivity index (χ0v) is 10.9. The standard InChI is InChI=1S/C13H20N2O3/c1-14-6-7-15-13(16)11-4-3-5-12(10-11)18-9-8-17-2/h3-5,10,14H,6-9H2,1-2H3,(H,15,16). The molecule has 100 valence electrons. The van der Waals surface area contributed by atoms with E-state index in [2.05, 4.69) is 10.6 Å². The molecule has 1 rings (SSSR count). The van der Waals surface area contributed by atoms with E-state index in [1.807, 2.05) is 13.1 Å². The maximum Gasteiger partial charge on any atom is 0.251 e. The number of hydrogen-bond acceptors (Lipinski definition) is 4. The van der Waals surface area contributed by atoms with E-state index in [0.29, 0.717) is 31.1 Å². The van der Waals surface area contributed by atoms with Crippen LogP contribution in [0.15, 0.2) is 24.3 Å². The fraction of sp³-hybridized carbons (Fsp3) is 0.462. The average Bonchev–Trinajstić information content (AvgIpc) is 2.39. The molecule has 2 N–H and O–H groups in total. The summed E-state index contributed by atoms with van der Waals surface area (Å²) >= 11 is 0. The van der Waals surface area contributed by atoms with Gasteiger partial charge in [0.15, 0.2) is 0 Å². The Hall–Kier alpha value is -1.59. The molecule has 0 aromatic heterocycles. The summed E-state index contributed by atoms with van der Waals surface area (Å²) in [6.45, 7) is 2.35. The van der Waals surface area contributed by atoms with Crippen LogP contribution in [0, 0.1) is 0 Å². The molecule has 0 radical (unpaired) electrons. The van der Waals surface area contributed by atoms with Gasteiger partial charge in [-0.25, -0.2) is 0 Å². The van der Waals surface area contributed by atoms with Gasteiger partial charge in [0.1, 0.15) is 12.4 Å². The zero-order chi connectivity index (χ0) is 13.2. The number of ether oxygens (including phenoxy) is 2. The predicted molar refractivity (Wildman–Crippen MR) is 70.1 cm³/mol. The summed E-state index contributed by atoms with van der Waals surface area (Å²) in [4.78, 5) is 11.8. The highest BCUT2D eigenvalue weighted by molar-refractivity contribution is 5.94. The molecule has 0 spiro atoms. The van der Waals surface area contributed by atoms with Crippen molar-refractivity contribution >= 4 is 5.91 Å². The summed E-state index contributed by atoms with van der Waals surface area (Å²) < 4.78 is 10.3. The number of methoxy groups -OCH3 is 1. The van der Waals surface area contributed by atoms with Crippen molar-refractivity contribution in [2.24, 2.45) is 0 Å².